The number of rotatable bonds is 9. The van der Waals surface area contributed by atoms with Crippen LogP contribution in [0.1, 0.15) is 89.4 Å². The molecule has 0 bridgehead atoms. The summed E-state index contributed by atoms with van der Waals surface area (Å²) in [5, 5.41) is 1.49. The second-order valence-electron chi connectivity index (χ2n) is 7.58. The van der Waals surface area contributed by atoms with Crippen molar-refractivity contribution in [3.05, 3.63) is 35.9 Å². The monoisotopic (exact) mass is 346 g/mol. The molecule has 2 amide bonds. The molecular weight excluding hydrogens is 312 g/mol. The molecule has 0 spiro atoms. The summed E-state index contributed by atoms with van der Waals surface area (Å²) in [5.74, 6) is -0.270. The largest absolute Gasteiger partial charge is 0.273 e. The van der Waals surface area contributed by atoms with E-state index in [1.807, 2.05) is 39.0 Å². The van der Waals surface area contributed by atoms with Crippen LogP contribution in [0.3, 0.4) is 0 Å². The molecule has 0 aliphatic carbocycles. The van der Waals surface area contributed by atoms with E-state index in [9.17, 15) is 9.59 Å². The van der Waals surface area contributed by atoms with Gasteiger partial charge >= 0.3 is 0 Å². The van der Waals surface area contributed by atoms with Gasteiger partial charge in [0.25, 0.3) is 5.91 Å². The third kappa shape index (κ3) is 8.19. The van der Waals surface area contributed by atoms with Gasteiger partial charge in [0.1, 0.15) is 0 Å². The summed E-state index contributed by atoms with van der Waals surface area (Å²) in [6, 6.07) is 8.99. The minimum atomic E-state index is -0.456. The summed E-state index contributed by atoms with van der Waals surface area (Å²) in [6.07, 6.45) is 8.67. The van der Waals surface area contributed by atoms with Crippen molar-refractivity contribution in [2.75, 3.05) is 0 Å². The molecule has 0 unspecified atom stereocenters. The number of hydrogen-bond acceptors (Lipinski definition) is 2. The molecule has 1 aromatic carbocycles. The average molecular weight is 347 g/mol. The molecule has 0 fully saturated rings. The Balaban J connectivity index is 2.49. The van der Waals surface area contributed by atoms with Crippen molar-refractivity contribution in [3.8, 4) is 0 Å². The zero-order valence-electron chi connectivity index (χ0n) is 16.3. The van der Waals surface area contributed by atoms with Crippen molar-refractivity contribution >= 4 is 11.8 Å². The third-order valence-corrected chi connectivity index (χ3v) is 4.16. The molecule has 0 heterocycles. The predicted molar refractivity (Wildman–Crippen MR) is 103 cm³/mol. The van der Waals surface area contributed by atoms with E-state index in [0.29, 0.717) is 12.0 Å². The highest BCUT2D eigenvalue weighted by Gasteiger charge is 2.28. The maximum atomic E-state index is 12.6. The predicted octanol–water partition coefficient (Wildman–Crippen LogP) is 5.10. The van der Waals surface area contributed by atoms with Gasteiger partial charge in [-0.15, -0.1) is 0 Å². The Morgan fingerprint density at radius 3 is 2.04 bits per heavy atom. The van der Waals surface area contributed by atoms with Crippen LogP contribution >= 0.6 is 0 Å². The molecule has 1 aromatic rings. The van der Waals surface area contributed by atoms with E-state index in [4.69, 9.17) is 0 Å². The quantitative estimate of drug-likeness (QED) is 0.499. The first kappa shape index (κ1) is 21.2. The van der Waals surface area contributed by atoms with Crippen LogP contribution in [0.5, 0.6) is 0 Å². The third-order valence-electron chi connectivity index (χ3n) is 4.16. The van der Waals surface area contributed by atoms with Crippen LogP contribution in [0.15, 0.2) is 30.3 Å². The van der Waals surface area contributed by atoms with E-state index in [-0.39, 0.29) is 11.8 Å². The van der Waals surface area contributed by atoms with Gasteiger partial charge in [-0.2, -0.15) is 0 Å². The van der Waals surface area contributed by atoms with Crippen LogP contribution in [0.2, 0.25) is 0 Å². The van der Waals surface area contributed by atoms with Crippen LogP contribution in [0, 0.1) is 0 Å². The highest BCUT2D eigenvalue weighted by atomic mass is 16.2. The number of carbonyl (C=O) groups is 2. The fourth-order valence-electron chi connectivity index (χ4n) is 2.70. The fraction of sp³-hybridized carbons (Fsp3) is 0.619. The number of nitrogens with one attached hydrogen (secondary N) is 1. The first-order valence-electron chi connectivity index (χ1n) is 9.55. The van der Waals surface area contributed by atoms with Crippen LogP contribution in [-0.4, -0.2) is 22.4 Å². The van der Waals surface area contributed by atoms with Crippen molar-refractivity contribution in [2.24, 2.45) is 0 Å². The summed E-state index contributed by atoms with van der Waals surface area (Å²) >= 11 is 0. The van der Waals surface area contributed by atoms with Crippen LogP contribution in [-0.2, 0) is 4.79 Å². The van der Waals surface area contributed by atoms with Crippen molar-refractivity contribution in [1.29, 1.82) is 0 Å². The first-order valence-corrected chi connectivity index (χ1v) is 9.55. The molecular formula is C21H34N2O2. The Hall–Kier alpha value is -1.84. The standard InChI is InChI=1S/C21H34N2O2/c1-5-6-7-8-9-10-14-17-19(24)23(21(2,3)4)22-20(25)18-15-12-11-13-16-18/h11-13,15-16H,5-10,14,17H2,1-4H3,(H,22,25). The minimum absolute atomic E-state index is 0.0228. The number of benzene rings is 1. The first-order chi connectivity index (χ1) is 11.9. The van der Waals surface area contributed by atoms with Crippen LogP contribution in [0.4, 0.5) is 0 Å². The number of hydrazine groups is 1. The zero-order valence-corrected chi connectivity index (χ0v) is 16.3. The van der Waals surface area contributed by atoms with Gasteiger partial charge in [-0.25, -0.2) is 5.01 Å². The minimum Gasteiger partial charge on any atom is -0.273 e. The van der Waals surface area contributed by atoms with Gasteiger partial charge < -0.3 is 0 Å². The summed E-state index contributed by atoms with van der Waals surface area (Å²) in [5.41, 5.74) is 2.89. The second-order valence-corrected chi connectivity index (χ2v) is 7.58. The zero-order chi connectivity index (χ0) is 18.7. The molecule has 25 heavy (non-hydrogen) atoms. The van der Waals surface area contributed by atoms with E-state index < -0.39 is 5.54 Å². The van der Waals surface area contributed by atoms with Crippen LogP contribution < -0.4 is 5.43 Å². The SMILES string of the molecule is CCCCCCCCCC(=O)N(NC(=O)c1ccccc1)C(C)(C)C. The summed E-state index contributed by atoms with van der Waals surface area (Å²) in [6.45, 7) is 8.01. The summed E-state index contributed by atoms with van der Waals surface area (Å²) in [7, 11) is 0. The van der Waals surface area contributed by atoms with Gasteiger partial charge in [0.2, 0.25) is 5.91 Å². The molecule has 4 heteroatoms. The molecule has 0 saturated heterocycles. The molecule has 140 valence electrons. The smallest absolute Gasteiger partial charge is 0.269 e. The normalized spacial score (nSPS) is 11.2. The molecule has 0 saturated carbocycles. The number of unbranched alkanes of at least 4 members (excludes halogenated alkanes) is 6. The number of nitrogens with zero attached hydrogens (tertiary/aromatic N) is 1. The van der Waals surface area contributed by atoms with E-state index in [2.05, 4.69) is 12.3 Å². The molecule has 0 aromatic heterocycles. The Labute approximate surface area is 153 Å². The van der Waals surface area contributed by atoms with Gasteiger partial charge in [-0.3, -0.25) is 15.0 Å². The van der Waals surface area contributed by atoms with E-state index in [0.717, 1.165) is 12.8 Å². The number of amides is 2. The van der Waals surface area contributed by atoms with Gasteiger partial charge in [-0.1, -0.05) is 63.6 Å². The highest BCUT2D eigenvalue weighted by molar-refractivity contribution is 5.95. The molecule has 4 nitrogen and oxygen atoms in total. The number of hydrogen-bond donors (Lipinski definition) is 1. The Kier molecular flexibility index (Phi) is 9.25. The highest BCUT2D eigenvalue weighted by Crippen LogP contribution is 2.15. The van der Waals surface area contributed by atoms with Crippen molar-refractivity contribution < 1.29 is 9.59 Å². The Bertz CT molecular complexity index is 520. The Morgan fingerprint density at radius 2 is 1.48 bits per heavy atom. The maximum absolute atomic E-state index is 12.6. The number of carbonyl (C=O) groups excluding carboxylic acids is 2. The molecule has 0 atom stereocenters. The van der Waals surface area contributed by atoms with E-state index >= 15 is 0 Å². The summed E-state index contributed by atoms with van der Waals surface area (Å²) in [4.78, 5) is 25.0. The van der Waals surface area contributed by atoms with Gasteiger partial charge in [0.05, 0.1) is 5.54 Å². The van der Waals surface area contributed by atoms with Crippen molar-refractivity contribution in [3.63, 3.8) is 0 Å². The van der Waals surface area contributed by atoms with Gasteiger partial charge in [0, 0.05) is 12.0 Å². The molecule has 0 aliphatic rings. The lowest BCUT2D eigenvalue weighted by atomic mass is 10.1. The van der Waals surface area contributed by atoms with Crippen molar-refractivity contribution in [1.82, 2.24) is 10.4 Å². The van der Waals surface area contributed by atoms with E-state index in [1.165, 1.54) is 37.1 Å². The molecule has 1 rings (SSSR count). The maximum Gasteiger partial charge on any atom is 0.269 e. The molecule has 0 radical (unpaired) electrons. The lowest BCUT2D eigenvalue weighted by molar-refractivity contribution is -0.139. The molecule has 1 N–H and O–H groups in total. The Morgan fingerprint density at radius 1 is 0.920 bits per heavy atom. The van der Waals surface area contributed by atoms with Gasteiger partial charge in [0.15, 0.2) is 0 Å². The van der Waals surface area contributed by atoms with Crippen molar-refractivity contribution in [2.45, 2.75) is 84.6 Å². The second kappa shape index (κ2) is 10.9. The van der Waals surface area contributed by atoms with E-state index in [1.54, 1.807) is 12.1 Å². The summed E-state index contributed by atoms with van der Waals surface area (Å²) < 4.78 is 0. The fourth-order valence-corrected chi connectivity index (χ4v) is 2.70. The van der Waals surface area contributed by atoms with Crippen LogP contribution in [0.25, 0.3) is 0 Å². The topological polar surface area (TPSA) is 49.4 Å². The average Bonchev–Trinajstić information content (AvgIpc) is 2.58. The lowest BCUT2D eigenvalue weighted by Gasteiger charge is -2.35. The molecule has 0 aliphatic heterocycles. The lowest BCUT2D eigenvalue weighted by Crippen LogP contribution is -2.55. The van der Waals surface area contributed by atoms with Gasteiger partial charge in [-0.05, 0) is 39.3 Å².